The number of halogens is 3. The van der Waals surface area contributed by atoms with Crippen LogP contribution in [0.3, 0.4) is 0 Å². The van der Waals surface area contributed by atoms with Gasteiger partial charge in [0.05, 0.1) is 13.2 Å². The van der Waals surface area contributed by atoms with Crippen molar-refractivity contribution in [3.8, 4) is 0 Å². The molecule has 130 valence electrons. The SMILES string of the molecule is CCNC(=NCCO)NC1CCN(c2c(F)cccc2F)C1.I. The van der Waals surface area contributed by atoms with Crippen LogP contribution in [0.25, 0.3) is 0 Å². The molecule has 1 atom stereocenters. The molecule has 0 spiro atoms. The first kappa shape index (κ1) is 19.9. The Labute approximate surface area is 152 Å². The highest BCUT2D eigenvalue weighted by Crippen LogP contribution is 2.26. The Morgan fingerprint density at radius 2 is 2.09 bits per heavy atom. The molecule has 1 aliphatic heterocycles. The predicted octanol–water partition coefficient (Wildman–Crippen LogP) is 1.71. The molecule has 1 fully saturated rings. The summed E-state index contributed by atoms with van der Waals surface area (Å²) in [5.41, 5.74) is 0.0316. The monoisotopic (exact) mass is 440 g/mol. The van der Waals surface area contributed by atoms with Gasteiger partial charge in [-0.3, -0.25) is 4.99 Å². The van der Waals surface area contributed by atoms with E-state index in [1.807, 2.05) is 6.92 Å². The Hall–Kier alpha value is -1.16. The largest absolute Gasteiger partial charge is 0.394 e. The second-order valence-electron chi connectivity index (χ2n) is 5.13. The van der Waals surface area contributed by atoms with Gasteiger partial charge < -0.3 is 20.6 Å². The van der Waals surface area contributed by atoms with Crippen LogP contribution in [0.15, 0.2) is 23.2 Å². The third kappa shape index (κ3) is 5.45. The number of benzene rings is 1. The van der Waals surface area contributed by atoms with Gasteiger partial charge >= 0.3 is 0 Å². The zero-order valence-electron chi connectivity index (χ0n) is 13.1. The summed E-state index contributed by atoms with van der Waals surface area (Å²) in [6, 6.07) is 3.96. The van der Waals surface area contributed by atoms with E-state index in [0.717, 1.165) is 6.42 Å². The van der Waals surface area contributed by atoms with Crippen LogP contribution in [0.5, 0.6) is 0 Å². The first-order chi connectivity index (χ1) is 10.7. The molecule has 0 radical (unpaired) electrons. The number of nitrogens with zero attached hydrogens (tertiary/aromatic N) is 2. The average molecular weight is 440 g/mol. The lowest BCUT2D eigenvalue weighted by Crippen LogP contribution is -2.44. The fourth-order valence-corrected chi connectivity index (χ4v) is 2.55. The zero-order chi connectivity index (χ0) is 15.9. The quantitative estimate of drug-likeness (QED) is 0.371. The highest BCUT2D eigenvalue weighted by molar-refractivity contribution is 14.0. The zero-order valence-corrected chi connectivity index (χ0v) is 15.4. The molecule has 1 aromatic carbocycles. The molecule has 0 amide bonds. The van der Waals surface area contributed by atoms with Crippen molar-refractivity contribution >= 4 is 35.6 Å². The number of anilines is 1. The molecule has 1 heterocycles. The van der Waals surface area contributed by atoms with Crippen LogP contribution in [-0.4, -0.2) is 49.9 Å². The number of rotatable bonds is 5. The van der Waals surface area contributed by atoms with Gasteiger partial charge in [-0.15, -0.1) is 24.0 Å². The lowest BCUT2D eigenvalue weighted by Gasteiger charge is -2.21. The average Bonchev–Trinajstić information content (AvgIpc) is 2.93. The number of aliphatic hydroxyl groups excluding tert-OH is 1. The number of hydrogen-bond donors (Lipinski definition) is 3. The Kier molecular flexibility index (Phi) is 8.53. The van der Waals surface area contributed by atoms with Crippen LogP contribution in [0.4, 0.5) is 14.5 Å². The van der Waals surface area contributed by atoms with Gasteiger partial charge in [0.1, 0.15) is 17.3 Å². The molecule has 0 aliphatic carbocycles. The molecule has 1 unspecified atom stereocenters. The fourth-order valence-electron chi connectivity index (χ4n) is 2.55. The van der Waals surface area contributed by atoms with Crippen LogP contribution in [0, 0.1) is 11.6 Å². The maximum atomic E-state index is 13.8. The molecule has 8 heteroatoms. The van der Waals surface area contributed by atoms with Crippen molar-refractivity contribution in [2.24, 2.45) is 4.99 Å². The molecule has 23 heavy (non-hydrogen) atoms. The normalized spacial score (nSPS) is 17.8. The number of para-hydroxylation sites is 1. The number of guanidine groups is 1. The van der Waals surface area contributed by atoms with E-state index in [9.17, 15) is 8.78 Å². The summed E-state index contributed by atoms with van der Waals surface area (Å²) in [7, 11) is 0. The highest BCUT2D eigenvalue weighted by atomic mass is 127. The van der Waals surface area contributed by atoms with E-state index < -0.39 is 11.6 Å². The van der Waals surface area contributed by atoms with Crippen LogP contribution < -0.4 is 15.5 Å². The van der Waals surface area contributed by atoms with Crippen molar-refractivity contribution in [3.05, 3.63) is 29.8 Å². The van der Waals surface area contributed by atoms with Gasteiger partial charge in [0.25, 0.3) is 0 Å². The molecule has 0 bridgehead atoms. The number of aliphatic hydroxyl groups is 1. The lowest BCUT2D eigenvalue weighted by molar-refractivity contribution is 0.306. The molecule has 0 aromatic heterocycles. The molecule has 0 saturated carbocycles. The van der Waals surface area contributed by atoms with Crippen molar-refractivity contribution in [3.63, 3.8) is 0 Å². The van der Waals surface area contributed by atoms with E-state index in [0.29, 0.717) is 32.1 Å². The van der Waals surface area contributed by atoms with Crippen molar-refractivity contribution in [1.82, 2.24) is 10.6 Å². The molecular formula is C15H23F2IN4O. The van der Waals surface area contributed by atoms with Crippen molar-refractivity contribution < 1.29 is 13.9 Å². The second-order valence-corrected chi connectivity index (χ2v) is 5.13. The van der Waals surface area contributed by atoms with Gasteiger partial charge in [-0.25, -0.2) is 8.78 Å². The van der Waals surface area contributed by atoms with E-state index in [4.69, 9.17) is 5.11 Å². The Balaban J connectivity index is 0.00000264. The molecule has 5 nitrogen and oxygen atoms in total. The van der Waals surface area contributed by atoms with Crippen molar-refractivity contribution in [1.29, 1.82) is 0 Å². The minimum atomic E-state index is -0.540. The second kappa shape index (κ2) is 9.86. The Morgan fingerprint density at radius 1 is 1.39 bits per heavy atom. The van der Waals surface area contributed by atoms with E-state index in [2.05, 4.69) is 15.6 Å². The van der Waals surface area contributed by atoms with Gasteiger partial charge in [0.15, 0.2) is 5.96 Å². The maximum Gasteiger partial charge on any atom is 0.191 e. The molecule has 2 rings (SSSR count). The van der Waals surface area contributed by atoms with Crippen LogP contribution >= 0.6 is 24.0 Å². The highest BCUT2D eigenvalue weighted by Gasteiger charge is 2.27. The number of hydrogen-bond acceptors (Lipinski definition) is 3. The maximum absolute atomic E-state index is 13.8. The summed E-state index contributed by atoms with van der Waals surface area (Å²) in [5, 5.41) is 15.2. The number of nitrogens with one attached hydrogen (secondary N) is 2. The third-order valence-corrected chi connectivity index (χ3v) is 3.50. The summed E-state index contributed by atoms with van der Waals surface area (Å²) < 4.78 is 27.6. The first-order valence-corrected chi connectivity index (χ1v) is 7.50. The van der Waals surface area contributed by atoms with E-state index in [1.54, 1.807) is 4.90 Å². The summed E-state index contributed by atoms with van der Waals surface area (Å²) in [6.07, 6.45) is 0.761. The lowest BCUT2D eigenvalue weighted by atomic mass is 10.2. The minimum absolute atomic E-state index is 0. The van der Waals surface area contributed by atoms with Gasteiger partial charge in [-0.1, -0.05) is 6.07 Å². The van der Waals surface area contributed by atoms with E-state index >= 15 is 0 Å². The minimum Gasteiger partial charge on any atom is -0.394 e. The molecule has 1 aliphatic rings. The number of aliphatic imine (C=N–C) groups is 1. The van der Waals surface area contributed by atoms with Crippen molar-refractivity contribution in [2.75, 3.05) is 37.7 Å². The van der Waals surface area contributed by atoms with Crippen LogP contribution in [0.2, 0.25) is 0 Å². The molecule has 3 N–H and O–H groups in total. The summed E-state index contributed by atoms with van der Waals surface area (Å²) >= 11 is 0. The summed E-state index contributed by atoms with van der Waals surface area (Å²) in [6.45, 7) is 4.03. The topological polar surface area (TPSA) is 59.9 Å². The Morgan fingerprint density at radius 3 is 2.70 bits per heavy atom. The predicted molar refractivity (Wildman–Crippen MR) is 98.6 cm³/mol. The smallest absolute Gasteiger partial charge is 0.191 e. The van der Waals surface area contributed by atoms with Crippen LogP contribution in [-0.2, 0) is 0 Å². The summed E-state index contributed by atoms with van der Waals surface area (Å²) in [4.78, 5) is 5.91. The van der Waals surface area contributed by atoms with E-state index in [-0.39, 0.29) is 42.3 Å². The van der Waals surface area contributed by atoms with Gasteiger partial charge in [-0.2, -0.15) is 0 Å². The van der Waals surface area contributed by atoms with Gasteiger partial charge in [-0.05, 0) is 25.5 Å². The molecule has 1 saturated heterocycles. The molecular weight excluding hydrogens is 417 g/mol. The van der Waals surface area contributed by atoms with Gasteiger partial charge in [0, 0.05) is 25.7 Å². The van der Waals surface area contributed by atoms with Gasteiger partial charge in [0.2, 0.25) is 0 Å². The Bertz CT molecular complexity index is 510. The third-order valence-electron chi connectivity index (χ3n) is 3.50. The van der Waals surface area contributed by atoms with Crippen LogP contribution in [0.1, 0.15) is 13.3 Å². The standard InChI is InChI=1S/C15H22F2N4O.HI/c1-2-18-15(19-7-9-22)20-11-6-8-21(10-11)14-12(16)4-3-5-13(14)17;/h3-5,11,22H,2,6-10H2,1H3,(H2,18,19,20);1H. The van der Waals surface area contributed by atoms with E-state index in [1.165, 1.54) is 18.2 Å². The fraction of sp³-hybridized carbons (Fsp3) is 0.533. The van der Waals surface area contributed by atoms with Crippen molar-refractivity contribution in [2.45, 2.75) is 19.4 Å². The molecule has 1 aromatic rings. The first-order valence-electron chi connectivity index (χ1n) is 7.50. The summed E-state index contributed by atoms with van der Waals surface area (Å²) in [5.74, 6) is -0.472.